The van der Waals surface area contributed by atoms with Crippen LogP contribution in [-0.2, 0) is 6.42 Å². The van der Waals surface area contributed by atoms with E-state index >= 15 is 0 Å². The maximum atomic E-state index is 5.86. The number of nitrogens with two attached hydrogens (primary N) is 1. The zero-order valence-electron chi connectivity index (χ0n) is 15.1. The fourth-order valence-corrected chi connectivity index (χ4v) is 2.68. The Hall–Kier alpha value is -1.54. The van der Waals surface area contributed by atoms with Crippen LogP contribution in [0.1, 0.15) is 57.6 Å². The van der Waals surface area contributed by atoms with Gasteiger partial charge in [0.05, 0.1) is 6.61 Å². The van der Waals surface area contributed by atoms with E-state index in [1.165, 1.54) is 16.7 Å². The predicted octanol–water partition coefficient (Wildman–Crippen LogP) is 5.37. The lowest BCUT2D eigenvalue weighted by Gasteiger charge is -2.19. The van der Waals surface area contributed by atoms with Gasteiger partial charge in [-0.25, -0.2) is 0 Å². The Bertz CT molecular complexity index is 505. The third-order valence-corrected chi connectivity index (χ3v) is 4.28. The van der Waals surface area contributed by atoms with Gasteiger partial charge in [-0.2, -0.15) is 0 Å². The molecule has 0 fully saturated rings. The van der Waals surface area contributed by atoms with Crippen LogP contribution in [0.4, 0.5) is 0 Å². The van der Waals surface area contributed by atoms with E-state index in [1.807, 2.05) is 6.08 Å². The Labute approximate surface area is 142 Å². The summed E-state index contributed by atoms with van der Waals surface area (Å²) < 4.78 is 5.86. The van der Waals surface area contributed by atoms with Crippen LogP contribution in [0.3, 0.4) is 0 Å². The van der Waals surface area contributed by atoms with Gasteiger partial charge >= 0.3 is 0 Å². The lowest BCUT2D eigenvalue weighted by Crippen LogP contribution is -2.05. The first-order valence-corrected chi connectivity index (χ1v) is 8.94. The second-order valence-corrected chi connectivity index (χ2v) is 6.01. The third kappa shape index (κ3) is 6.23. The third-order valence-electron chi connectivity index (χ3n) is 4.28. The van der Waals surface area contributed by atoms with E-state index in [-0.39, 0.29) is 0 Å². The second kappa shape index (κ2) is 11.1. The second-order valence-electron chi connectivity index (χ2n) is 6.01. The summed E-state index contributed by atoms with van der Waals surface area (Å²) in [6.45, 7) is 12.1. The van der Waals surface area contributed by atoms with Crippen molar-refractivity contribution in [2.75, 3.05) is 13.2 Å². The van der Waals surface area contributed by atoms with Gasteiger partial charge < -0.3 is 10.5 Å². The summed E-state index contributed by atoms with van der Waals surface area (Å²) in [5, 5.41) is 0. The normalized spacial score (nSPS) is 13.0. The number of hydrogen-bond donors (Lipinski definition) is 1. The summed E-state index contributed by atoms with van der Waals surface area (Å²) in [6, 6.07) is 6.52. The molecule has 1 unspecified atom stereocenters. The first kappa shape index (κ1) is 19.5. The Balaban J connectivity index is 2.98. The molecule has 0 spiro atoms. The molecule has 1 rings (SSSR count). The summed E-state index contributed by atoms with van der Waals surface area (Å²) in [5.41, 5.74) is 9.67. The van der Waals surface area contributed by atoms with Gasteiger partial charge in [0.2, 0.25) is 0 Å². The molecule has 0 bridgehead atoms. The Morgan fingerprint density at radius 1 is 1.30 bits per heavy atom. The van der Waals surface area contributed by atoms with E-state index in [2.05, 4.69) is 51.6 Å². The number of aryl methyl sites for hydroxylation is 1. The molecule has 0 radical (unpaired) electrons. The molecule has 23 heavy (non-hydrogen) atoms. The van der Waals surface area contributed by atoms with E-state index in [0.717, 1.165) is 51.0 Å². The Kier molecular flexibility index (Phi) is 9.39. The van der Waals surface area contributed by atoms with Crippen LogP contribution in [0.5, 0.6) is 5.75 Å². The van der Waals surface area contributed by atoms with Crippen LogP contribution < -0.4 is 10.5 Å². The fourth-order valence-electron chi connectivity index (χ4n) is 2.68. The fraction of sp³-hybridized carbons (Fsp3) is 0.524. The molecule has 0 saturated carbocycles. The average molecular weight is 316 g/mol. The van der Waals surface area contributed by atoms with E-state index in [4.69, 9.17) is 10.5 Å². The molecular weight excluding hydrogens is 282 g/mol. The van der Waals surface area contributed by atoms with Gasteiger partial charge in [-0.3, -0.25) is 0 Å². The topological polar surface area (TPSA) is 35.2 Å². The van der Waals surface area contributed by atoms with E-state index in [1.54, 1.807) is 0 Å². The number of ether oxygens (including phenoxy) is 1. The van der Waals surface area contributed by atoms with Crippen molar-refractivity contribution < 1.29 is 4.74 Å². The minimum atomic E-state index is 0.552. The molecule has 0 heterocycles. The summed E-state index contributed by atoms with van der Waals surface area (Å²) in [7, 11) is 0. The van der Waals surface area contributed by atoms with Crippen LogP contribution >= 0.6 is 0 Å². The Morgan fingerprint density at radius 3 is 2.70 bits per heavy atom. The first-order valence-electron chi connectivity index (χ1n) is 8.94. The molecule has 128 valence electrons. The van der Waals surface area contributed by atoms with Crippen LogP contribution in [0.2, 0.25) is 0 Å². The van der Waals surface area contributed by atoms with Crippen molar-refractivity contribution in [1.82, 2.24) is 0 Å². The summed E-state index contributed by atoms with van der Waals surface area (Å²) in [6.07, 6.45) is 9.37. The van der Waals surface area contributed by atoms with Crippen molar-refractivity contribution in [2.45, 2.75) is 52.9 Å². The highest BCUT2D eigenvalue weighted by Gasteiger charge is 2.13. The molecular formula is C21H33NO. The maximum absolute atomic E-state index is 5.86. The van der Waals surface area contributed by atoms with E-state index < -0.39 is 0 Å². The molecule has 2 N–H and O–H groups in total. The summed E-state index contributed by atoms with van der Waals surface area (Å²) >= 11 is 0. The van der Waals surface area contributed by atoms with Crippen molar-refractivity contribution >= 4 is 5.57 Å². The lowest BCUT2D eigenvalue weighted by molar-refractivity contribution is 0.307. The van der Waals surface area contributed by atoms with E-state index in [0.29, 0.717) is 5.92 Å². The van der Waals surface area contributed by atoms with Crippen molar-refractivity contribution in [3.05, 3.63) is 48.1 Å². The van der Waals surface area contributed by atoms with Crippen LogP contribution in [0, 0.1) is 5.92 Å². The van der Waals surface area contributed by atoms with Gasteiger partial charge in [0.1, 0.15) is 5.75 Å². The van der Waals surface area contributed by atoms with Gasteiger partial charge in [-0.1, -0.05) is 39.0 Å². The molecule has 2 nitrogen and oxygen atoms in total. The molecule has 0 saturated heterocycles. The highest BCUT2D eigenvalue weighted by Crippen LogP contribution is 2.31. The summed E-state index contributed by atoms with van der Waals surface area (Å²) in [5.74, 6) is 1.52. The molecule has 1 atom stereocenters. The molecule has 0 aliphatic rings. The van der Waals surface area contributed by atoms with Gasteiger partial charge in [0, 0.05) is 0 Å². The van der Waals surface area contributed by atoms with Gasteiger partial charge in [0.15, 0.2) is 0 Å². The quantitative estimate of drug-likeness (QED) is 0.440. The molecule has 1 aromatic carbocycles. The summed E-state index contributed by atoms with van der Waals surface area (Å²) in [4.78, 5) is 0. The average Bonchev–Trinajstić information content (AvgIpc) is 2.59. The van der Waals surface area contributed by atoms with Gasteiger partial charge in [-0.15, -0.1) is 6.58 Å². The molecule has 0 amide bonds. The largest absolute Gasteiger partial charge is 0.494 e. The Morgan fingerprint density at radius 2 is 2.09 bits per heavy atom. The zero-order valence-corrected chi connectivity index (χ0v) is 15.1. The van der Waals surface area contributed by atoms with Crippen molar-refractivity contribution in [3.8, 4) is 5.75 Å². The number of benzene rings is 1. The number of hydrogen-bond acceptors (Lipinski definition) is 2. The standard InChI is InChI=1S/C21H33NO/c1-5-8-11-20(17(4)6-2)21-13-12-19(16-18(21)7-3)23-15-10-9-14-22/h5,11-13,16-17H,1,6-10,14-15,22H2,2-4H3/b20-11+. The molecule has 1 aromatic rings. The monoisotopic (exact) mass is 315 g/mol. The number of rotatable bonds is 11. The molecule has 2 heteroatoms. The molecule has 0 aliphatic heterocycles. The molecule has 0 aliphatic carbocycles. The number of unbranched alkanes of at least 4 members (excludes halogenated alkanes) is 1. The van der Waals surface area contributed by atoms with Gasteiger partial charge in [-0.05, 0) is 73.4 Å². The van der Waals surface area contributed by atoms with Crippen LogP contribution in [0.25, 0.3) is 5.57 Å². The first-order chi connectivity index (χ1) is 11.2. The van der Waals surface area contributed by atoms with E-state index in [9.17, 15) is 0 Å². The van der Waals surface area contributed by atoms with Crippen LogP contribution in [0.15, 0.2) is 36.9 Å². The lowest BCUT2D eigenvalue weighted by atomic mass is 9.87. The molecule has 0 aromatic heterocycles. The SMILES string of the molecule is C=CC/C=C(/c1ccc(OCCCCN)cc1CC)C(C)CC. The van der Waals surface area contributed by atoms with Crippen molar-refractivity contribution in [1.29, 1.82) is 0 Å². The number of allylic oxidation sites excluding steroid dienone is 3. The highest BCUT2D eigenvalue weighted by atomic mass is 16.5. The highest BCUT2D eigenvalue weighted by molar-refractivity contribution is 5.70. The minimum Gasteiger partial charge on any atom is -0.494 e. The maximum Gasteiger partial charge on any atom is 0.119 e. The van der Waals surface area contributed by atoms with Crippen molar-refractivity contribution in [3.63, 3.8) is 0 Å². The zero-order chi connectivity index (χ0) is 17.1. The predicted molar refractivity (Wildman–Crippen MR) is 102 cm³/mol. The smallest absolute Gasteiger partial charge is 0.119 e. The minimum absolute atomic E-state index is 0.552. The van der Waals surface area contributed by atoms with Gasteiger partial charge in [0.25, 0.3) is 0 Å². The van der Waals surface area contributed by atoms with Crippen LogP contribution in [-0.4, -0.2) is 13.2 Å². The van der Waals surface area contributed by atoms with Crippen molar-refractivity contribution in [2.24, 2.45) is 11.7 Å².